The van der Waals surface area contributed by atoms with Gasteiger partial charge in [-0.05, 0) is 43.0 Å². The minimum absolute atomic E-state index is 0.0550. The van der Waals surface area contributed by atoms with Crippen LogP contribution in [0.2, 0.25) is 0 Å². The third-order valence-electron chi connectivity index (χ3n) is 4.61. The van der Waals surface area contributed by atoms with Crippen LogP contribution in [0.3, 0.4) is 0 Å². The van der Waals surface area contributed by atoms with E-state index in [4.69, 9.17) is 5.26 Å². The fourth-order valence-electron chi connectivity index (χ4n) is 3.13. The number of hydrogen-bond donors (Lipinski definition) is 1. The highest BCUT2D eigenvalue weighted by Crippen LogP contribution is 2.37. The minimum Gasteiger partial charge on any atom is -0.372 e. The molecule has 1 aromatic heterocycles. The summed E-state index contributed by atoms with van der Waals surface area (Å²) in [6, 6.07) is 15.6. The standard InChI is InChI=1S/C21H19BrN4O2/c1-14(15-7-3-2-4-8-15)25-21-17-11-16(9-5-6-10-23)18(22)12-19(17)24-13-20(21)26(27)28/h2-4,7-8,11-14H,5-6,9H2,1H3,(H,24,25). The predicted octanol–water partition coefficient (Wildman–Crippen LogP) is 5.92. The summed E-state index contributed by atoms with van der Waals surface area (Å²) >= 11 is 3.55. The van der Waals surface area contributed by atoms with Gasteiger partial charge in [-0.2, -0.15) is 5.26 Å². The van der Waals surface area contributed by atoms with Crippen LogP contribution in [-0.2, 0) is 6.42 Å². The van der Waals surface area contributed by atoms with E-state index >= 15 is 0 Å². The maximum absolute atomic E-state index is 11.6. The highest BCUT2D eigenvalue weighted by Gasteiger charge is 2.21. The molecule has 0 radical (unpaired) electrons. The molecule has 1 unspecified atom stereocenters. The first-order chi connectivity index (χ1) is 13.5. The Balaban J connectivity index is 2.08. The number of unbranched alkanes of at least 4 members (excludes halogenated alkanes) is 1. The Morgan fingerprint density at radius 3 is 2.75 bits per heavy atom. The second-order valence-corrected chi connectivity index (χ2v) is 7.38. The maximum atomic E-state index is 11.6. The van der Waals surface area contributed by atoms with Crippen molar-refractivity contribution in [2.24, 2.45) is 0 Å². The number of rotatable bonds is 7. The maximum Gasteiger partial charge on any atom is 0.311 e. The number of hydrogen-bond acceptors (Lipinski definition) is 5. The van der Waals surface area contributed by atoms with Crippen LogP contribution in [0.5, 0.6) is 0 Å². The Hall–Kier alpha value is -2.98. The van der Waals surface area contributed by atoms with Crippen molar-refractivity contribution in [3.05, 3.63) is 74.4 Å². The average Bonchev–Trinajstić information content (AvgIpc) is 2.69. The summed E-state index contributed by atoms with van der Waals surface area (Å²) in [4.78, 5) is 15.5. The van der Waals surface area contributed by atoms with Crippen LogP contribution in [0, 0.1) is 21.4 Å². The third kappa shape index (κ3) is 4.29. The van der Waals surface area contributed by atoms with Gasteiger partial charge in [0.2, 0.25) is 0 Å². The molecule has 0 saturated heterocycles. The zero-order valence-corrected chi connectivity index (χ0v) is 16.9. The second kappa shape index (κ2) is 8.81. The SMILES string of the molecule is CC(Nc1c([N+](=O)[O-])cnc2cc(Br)c(CCCC#N)cc12)c1ccccc1. The lowest BCUT2D eigenvalue weighted by Crippen LogP contribution is -2.09. The quantitative estimate of drug-likeness (QED) is 0.280. The van der Waals surface area contributed by atoms with E-state index in [0.717, 1.165) is 22.0 Å². The van der Waals surface area contributed by atoms with Crippen molar-refractivity contribution in [2.75, 3.05) is 5.32 Å². The van der Waals surface area contributed by atoms with Gasteiger partial charge in [0.25, 0.3) is 0 Å². The van der Waals surface area contributed by atoms with Crippen LogP contribution in [-0.4, -0.2) is 9.91 Å². The summed E-state index contributed by atoms with van der Waals surface area (Å²) in [6.07, 6.45) is 3.20. The van der Waals surface area contributed by atoms with Crippen molar-refractivity contribution in [3.63, 3.8) is 0 Å². The molecule has 0 spiro atoms. The number of anilines is 1. The van der Waals surface area contributed by atoms with E-state index in [9.17, 15) is 10.1 Å². The number of benzene rings is 2. The van der Waals surface area contributed by atoms with Crippen molar-refractivity contribution in [1.82, 2.24) is 4.98 Å². The van der Waals surface area contributed by atoms with Crippen LogP contribution in [0.1, 0.15) is 36.9 Å². The van der Waals surface area contributed by atoms with E-state index in [1.54, 1.807) is 0 Å². The Labute approximate surface area is 171 Å². The average molecular weight is 439 g/mol. The van der Waals surface area contributed by atoms with Crippen molar-refractivity contribution in [1.29, 1.82) is 5.26 Å². The smallest absolute Gasteiger partial charge is 0.311 e. The van der Waals surface area contributed by atoms with Gasteiger partial charge in [-0.15, -0.1) is 0 Å². The molecule has 1 N–H and O–H groups in total. The zero-order valence-electron chi connectivity index (χ0n) is 15.4. The summed E-state index contributed by atoms with van der Waals surface area (Å²) in [6.45, 7) is 1.97. The van der Waals surface area contributed by atoms with E-state index in [0.29, 0.717) is 29.4 Å². The lowest BCUT2D eigenvalue weighted by molar-refractivity contribution is -0.384. The summed E-state index contributed by atoms with van der Waals surface area (Å²) in [5.74, 6) is 0. The van der Waals surface area contributed by atoms with Gasteiger partial charge in [0.15, 0.2) is 0 Å². The van der Waals surface area contributed by atoms with Gasteiger partial charge in [-0.25, -0.2) is 4.98 Å². The van der Waals surface area contributed by atoms with Gasteiger partial charge < -0.3 is 5.32 Å². The number of nitrogens with zero attached hydrogens (tertiary/aromatic N) is 3. The Morgan fingerprint density at radius 1 is 1.32 bits per heavy atom. The van der Waals surface area contributed by atoms with E-state index in [-0.39, 0.29) is 11.7 Å². The first-order valence-corrected chi connectivity index (χ1v) is 9.74. The molecule has 2 aromatic carbocycles. The molecule has 0 aliphatic carbocycles. The monoisotopic (exact) mass is 438 g/mol. The highest BCUT2D eigenvalue weighted by atomic mass is 79.9. The number of aryl methyl sites for hydroxylation is 1. The molecule has 3 rings (SSSR count). The van der Waals surface area contributed by atoms with Crippen LogP contribution >= 0.6 is 15.9 Å². The Morgan fingerprint density at radius 2 is 2.07 bits per heavy atom. The summed E-state index contributed by atoms with van der Waals surface area (Å²) in [7, 11) is 0. The lowest BCUT2D eigenvalue weighted by Gasteiger charge is -2.18. The molecule has 1 heterocycles. The molecule has 3 aromatic rings. The predicted molar refractivity (Wildman–Crippen MR) is 113 cm³/mol. The zero-order chi connectivity index (χ0) is 20.1. The van der Waals surface area contributed by atoms with E-state index in [2.05, 4.69) is 32.3 Å². The van der Waals surface area contributed by atoms with Crippen LogP contribution < -0.4 is 5.32 Å². The fraction of sp³-hybridized carbons (Fsp3) is 0.238. The first-order valence-electron chi connectivity index (χ1n) is 8.95. The Bertz CT molecular complexity index is 1050. The molecule has 6 nitrogen and oxygen atoms in total. The van der Waals surface area contributed by atoms with Gasteiger partial charge in [0.1, 0.15) is 11.9 Å². The van der Waals surface area contributed by atoms with Gasteiger partial charge >= 0.3 is 5.69 Å². The van der Waals surface area contributed by atoms with Crippen molar-refractivity contribution in [2.45, 2.75) is 32.2 Å². The molecule has 0 saturated carbocycles. The molecule has 1 atom stereocenters. The number of nitrogens with one attached hydrogen (secondary N) is 1. The topological polar surface area (TPSA) is 91.8 Å². The summed E-state index contributed by atoms with van der Waals surface area (Å²) in [5, 5.41) is 24.4. The number of pyridine rings is 1. The summed E-state index contributed by atoms with van der Waals surface area (Å²) in [5.41, 5.74) is 3.11. The van der Waals surface area contributed by atoms with Crippen LogP contribution in [0.4, 0.5) is 11.4 Å². The largest absolute Gasteiger partial charge is 0.372 e. The van der Waals surface area contributed by atoms with Crippen molar-refractivity contribution < 1.29 is 4.92 Å². The van der Waals surface area contributed by atoms with E-state index < -0.39 is 4.92 Å². The first kappa shape index (κ1) is 19.8. The molecule has 28 heavy (non-hydrogen) atoms. The van der Waals surface area contributed by atoms with Crippen LogP contribution in [0.25, 0.3) is 10.9 Å². The molecule has 0 amide bonds. The number of nitriles is 1. The van der Waals surface area contributed by atoms with E-state index in [1.807, 2.05) is 49.4 Å². The number of aromatic nitrogens is 1. The van der Waals surface area contributed by atoms with Gasteiger partial charge in [-0.3, -0.25) is 10.1 Å². The normalized spacial score (nSPS) is 11.8. The third-order valence-corrected chi connectivity index (χ3v) is 5.35. The lowest BCUT2D eigenvalue weighted by atomic mass is 10.0. The molecule has 0 fully saturated rings. The fourth-order valence-corrected chi connectivity index (χ4v) is 3.66. The van der Waals surface area contributed by atoms with Gasteiger partial charge in [0, 0.05) is 22.3 Å². The number of fused-ring (bicyclic) bond motifs is 1. The van der Waals surface area contributed by atoms with Crippen molar-refractivity contribution in [3.8, 4) is 6.07 Å². The Kier molecular flexibility index (Phi) is 6.22. The van der Waals surface area contributed by atoms with Gasteiger partial charge in [0.05, 0.1) is 16.5 Å². The molecular weight excluding hydrogens is 420 g/mol. The molecule has 0 bridgehead atoms. The molecule has 0 aliphatic rings. The number of halogens is 1. The van der Waals surface area contributed by atoms with E-state index in [1.165, 1.54) is 6.20 Å². The van der Waals surface area contributed by atoms with Gasteiger partial charge in [-0.1, -0.05) is 46.3 Å². The number of nitro groups is 1. The highest BCUT2D eigenvalue weighted by molar-refractivity contribution is 9.10. The molecule has 7 heteroatoms. The minimum atomic E-state index is -0.413. The molecule has 142 valence electrons. The van der Waals surface area contributed by atoms with Crippen LogP contribution in [0.15, 0.2) is 53.1 Å². The van der Waals surface area contributed by atoms with Crippen molar-refractivity contribution >= 4 is 38.2 Å². The second-order valence-electron chi connectivity index (χ2n) is 6.52. The molecule has 0 aliphatic heterocycles. The summed E-state index contributed by atoms with van der Waals surface area (Å²) < 4.78 is 0.890. The molecular formula is C21H19BrN4O2.